The molecule has 0 fully saturated rings. The molecule has 0 saturated carbocycles. The van der Waals surface area contributed by atoms with Crippen molar-refractivity contribution in [3.63, 3.8) is 0 Å². The van der Waals surface area contributed by atoms with Crippen molar-refractivity contribution < 1.29 is 45.9 Å². The zero-order valence-corrected chi connectivity index (χ0v) is 27.3. The fourth-order valence-electron chi connectivity index (χ4n) is 4.40. The molecule has 0 aliphatic rings. The first-order chi connectivity index (χ1) is 22.9. The van der Waals surface area contributed by atoms with E-state index in [9.17, 15) is 45.9 Å². The number of alkyl halides is 5. The van der Waals surface area contributed by atoms with Crippen molar-refractivity contribution in [1.82, 2.24) is 26.3 Å². The van der Waals surface area contributed by atoms with Gasteiger partial charge < -0.3 is 21.3 Å². The Morgan fingerprint density at radius 2 is 1.45 bits per heavy atom. The van der Waals surface area contributed by atoms with Crippen LogP contribution >= 0.6 is 23.2 Å². The third-order valence-corrected chi connectivity index (χ3v) is 7.65. The molecule has 17 heteroatoms. The average molecular weight is 731 g/mol. The molecule has 1 heterocycles. The van der Waals surface area contributed by atoms with Crippen molar-refractivity contribution in [3.05, 3.63) is 99.8 Å². The molecule has 3 aromatic rings. The monoisotopic (exact) mass is 729 g/mol. The van der Waals surface area contributed by atoms with Crippen LogP contribution in [0.5, 0.6) is 0 Å². The van der Waals surface area contributed by atoms with Crippen LogP contribution in [-0.4, -0.2) is 65.1 Å². The van der Waals surface area contributed by atoms with Gasteiger partial charge in [0.1, 0.15) is 24.3 Å². The second kappa shape index (κ2) is 16.7. The van der Waals surface area contributed by atoms with Gasteiger partial charge in [-0.05, 0) is 41.3 Å². The Balaban J connectivity index is 1.92. The third-order valence-electron chi connectivity index (χ3n) is 6.92. The number of nitrogens with zero attached hydrogens (tertiary/aromatic N) is 1. The number of benzene rings is 2. The predicted octanol–water partition coefficient (Wildman–Crippen LogP) is 4.61. The van der Waals surface area contributed by atoms with E-state index in [0.29, 0.717) is 5.56 Å². The Bertz CT molecular complexity index is 1660. The summed E-state index contributed by atoms with van der Waals surface area (Å²) in [5.41, 5.74) is 0.542. The van der Waals surface area contributed by atoms with E-state index in [1.165, 1.54) is 62.5 Å². The van der Waals surface area contributed by atoms with Gasteiger partial charge in [-0.25, -0.2) is 0 Å². The first-order valence-corrected chi connectivity index (χ1v) is 15.2. The summed E-state index contributed by atoms with van der Waals surface area (Å²) in [7, 11) is 0. The molecule has 2 unspecified atom stereocenters. The lowest BCUT2D eigenvalue weighted by Gasteiger charge is -2.28. The minimum absolute atomic E-state index is 0.0368. The van der Waals surface area contributed by atoms with Crippen molar-refractivity contribution >= 4 is 52.6 Å². The molecule has 262 valence electrons. The maximum atomic E-state index is 14.8. The molecular weight excluding hydrogens is 700 g/mol. The molecule has 0 spiro atoms. The van der Waals surface area contributed by atoms with Crippen LogP contribution in [0.2, 0.25) is 10.0 Å². The van der Waals surface area contributed by atoms with Crippen molar-refractivity contribution in [2.24, 2.45) is 5.92 Å². The van der Waals surface area contributed by atoms with E-state index in [1.54, 1.807) is 24.3 Å². The van der Waals surface area contributed by atoms with Gasteiger partial charge in [0.25, 0.3) is 11.8 Å². The van der Waals surface area contributed by atoms with Gasteiger partial charge in [-0.2, -0.15) is 22.0 Å². The van der Waals surface area contributed by atoms with Gasteiger partial charge in [0.15, 0.2) is 0 Å². The molecule has 0 aliphatic carbocycles. The summed E-state index contributed by atoms with van der Waals surface area (Å²) in [5.74, 6) is -13.6. The largest absolute Gasteiger partial charge is 0.405 e. The van der Waals surface area contributed by atoms with Gasteiger partial charge in [0, 0.05) is 12.6 Å². The number of rotatable bonds is 14. The van der Waals surface area contributed by atoms with Crippen LogP contribution in [0, 0.1) is 5.92 Å². The van der Waals surface area contributed by atoms with E-state index in [-0.39, 0.29) is 27.7 Å². The van der Waals surface area contributed by atoms with E-state index in [4.69, 9.17) is 23.2 Å². The maximum absolute atomic E-state index is 14.8. The van der Waals surface area contributed by atoms with Crippen LogP contribution in [0.15, 0.2) is 72.9 Å². The number of carbonyl (C=O) groups is 5. The highest BCUT2D eigenvalue weighted by molar-refractivity contribution is 6.42. The molecule has 10 nitrogen and oxygen atoms in total. The van der Waals surface area contributed by atoms with E-state index in [1.807, 2.05) is 0 Å². The number of carbonyl (C=O) groups excluding carboxylic acids is 5. The third kappa shape index (κ3) is 10.9. The summed E-state index contributed by atoms with van der Waals surface area (Å²) in [5, 5.41) is 8.48. The summed E-state index contributed by atoms with van der Waals surface area (Å²) >= 11 is 12.1. The van der Waals surface area contributed by atoms with Crippen LogP contribution in [0.4, 0.5) is 22.0 Å². The number of pyridine rings is 1. The molecule has 3 atom stereocenters. The van der Waals surface area contributed by atoms with Gasteiger partial charge in [-0.15, -0.1) is 0 Å². The van der Waals surface area contributed by atoms with Gasteiger partial charge >= 0.3 is 12.1 Å². The Morgan fingerprint density at radius 3 is 2.02 bits per heavy atom. The fraction of sp³-hybridized carbons (Fsp3) is 0.312. The normalized spacial score (nSPS) is 13.5. The van der Waals surface area contributed by atoms with Crippen LogP contribution in [0.3, 0.4) is 0 Å². The van der Waals surface area contributed by atoms with E-state index >= 15 is 0 Å². The Hall–Kier alpha value is -4.63. The molecule has 0 radical (unpaired) electrons. The molecule has 49 heavy (non-hydrogen) atoms. The minimum Gasteiger partial charge on any atom is -0.344 e. The number of hydrogen-bond acceptors (Lipinski definition) is 6. The summed E-state index contributed by atoms with van der Waals surface area (Å²) in [6.07, 6.45) is -3.85. The van der Waals surface area contributed by atoms with Crippen LogP contribution in [-0.2, 0) is 25.6 Å². The van der Waals surface area contributed by atoms with Crippen molar-refractivity contribution in [3.8, 4) is 0 Å². The van der Waals surface area contributed by atoms with Gasteiger partial charge in [-0.3, -0.25) is 29.0 Å². The highest BCUT2D eigenvalue weighted by Crippen LogP contribution is 2.25. The van der Waals surface area contributed by atoms with E-state index in [2.05, 4.69) is 20.9 Å². The molecule has 4 N–H and O–H groups in total. The second-order valence-electron chi connectivity index (χ2n) is 11.0. The van der Waals surface area contributed by atoms with Gasteiger partial charge in [0.05, 0.1) is 16.1 Å². The molecule has 0 saturated heterocycles. The lowest BCUT2D eigenvalue weighted by atomic mass is 9.94. The van der Waals surface area contributed by atoms with E-state index < -0.39 is 72.1 Å². The SMILES string of the molecule is CC(C)[C@H](NC(=O)C(NC(=O)C(Cc1ccc(Cl)c(Cl)c1)NC(=O)c1ccccn1)c1ccccc1)C(=O)C(F)(F)C(=O)NCC(F)(F)F. The Labute approximate surface area is 287 Å². The Morgan fingerprint density at radius 1 is 0.796 bits per heavy atom. The molecule has 0 bridgehead atoms. The maximum Gasteiger partial charge on any atom is 0.405 e. The molecule has 2 aromatic carbocycles. The number of hydrogen-bond donors (Lipinski definition) is 4. The highest BCUT2D eigenvalue weighted by Gasteiger charge is 2.52. The standard InChI is InChI=1S/C32H30Cl2F5N5O5/c1-17(2)24(26(45)32(38,39)30(49)41-16-31(35,36)37)43-29(48)25(19-8-4-3-5-9-19)44-28(47)23(15-18-11-12-20(33)21(34)14-18)42-27(46)22-10-6-7-13-40-22/h3-14,17,23-25H,15-16H2,1-2H3,(H,41,49)(H,42,46)(H,43,48)(H,44,47)/t23?,24-,25?/m0/s1. The first-order valence-electron chi connectivity index (χ1n) is 14.5. The molecule has 3 rings (SSSR count). The van der Waals surface area contributed by atoms with Crippen molar-refractivity contribution in [2.45, 2.75) is 50.5 Å². The first kappa shape index (κ1) is 38.8. The quantitative estimate of drug-likeness (QED) is 0.141. The number of Topliss-reactive ketones (excluding diaryl/α,β-unsaturated/α-hetero) is 1. The zero-order chi connectivity index (χ0) is 36.5. The minimum atomic E-state index is -5.03. The zero-order valence-electron chi connectivity index (χ0n) is 25.8. The fourth-order valence-corrected chi connectivity index (χ4v) is 4.72. The summed E-state index contributed by atoms with van der Waals surface area (Å²) in [4.78, 5) is 69.2. The molecule has 0 aliphatic heterocycles. The summed E-state index contributed by atoms with van der Waals surface area (Å²) in [6.45, 7) is 0.391. The number of halogens is 7. The van der Waals surface area contributed by atoms with Gasteiger partial charge in [-0.1, -0.05) is 79.5 Å². The topological polar surface area (TPSA) is 146 Å². The number of ketones is 1. The summed E-state index contributed by atoms with van der Waals surface area (Å²) < 4.78 is 67.1. The van der Waals surface area contributed by atoms with Gasteiger partial charge in [0.2, 0.25) is 17.6 Å². The second-order valence-corrected chi connectivity index (χ2v) is 11.8. The molecular formula is C32H30Cl2F5N5O5. The van der Waals surface area contributed by atoms with E-state index in [0.717, 1.165) is 5.32 Å². The average Bonchev–Trinajstić information content (AvgIpc) is 3.05. The number of amides is 4. The van der Waals surface area contributed by atoms with Crippen LogP contribution < -0.4 is 21.3 Å². The lowest BCUT2D eigenvalue weighted by Crippen LogP contribution is -2.58. The smallest absolute Gasteiger partial charge is 0.344 e. The lowest BCUT2D eigenvalue weighted by molar-refractivity contribution is -0.165. The van der Waals surface area contributed by atoms with Crippen LogP contribution in [0.1, 0.15) is 41.5 Å². The number of aromatic nitrogens is 1. The molecule has 1 aromatic heterocycles. The predicted molar refractivity (Wildman–Crippen MR) is 169 cm³/mol. The Kier molecular flexibility index (Phi) is 13.2. The number of nitrogens with one attached hydrogen (secondary N) is 4. The molecule has 4 amide bonds. The van der Waals surface area contributed by atoms with Crippen LogP contribution in [0.25, 0.3) is 0 Å². The van der Waals surface area contributed by atoms with Crippen molar-refractivity contribution in [1.29, 1.82) is 0 Å². The highest BCUT2D eigenvalue weighted by atomic mass is 35.5. The van der Waals surface area contributed by atoms with Crippen molar-refractivity contribution in [2.75, 3.05) is 6.54 Å². The summed E-state index contributed by atoms with van der Waals surface area (Å²) in [6, 6.07) is 11.3.